The topological polar surface area (TPSA) is 69.7 Å². The number of ether oxygens (including phenoxy) is 2. The first-order valence-corrected chi connectivity index (χ1v) is 8.64. The second-order valence-corrected chi connectivity index (χ2v) is 7.23. The summed E-state index contributed by atoms with van der Waals surface area (Å²) in [6.45, 7) is 5.56. The Balaban J connectivity index is 2.13. The van der Waals surface area contributed by atoms with Crippen LogP contribution in [0.4, 0.5) is 0 Å². The van der Waals surface area contributed by atoms with Gasteiger partial charge in [-0.1, -0.05) is 39.0 Å². The Morgan fingerprint density at radius 2 is 1.60 bits per heavy atom. The predicted molar refractivity (Wildman–Crippen MR) is 95.4 cm³/mol. The molecule has 5 nitrogen and oxygen atoms in total. The molecule has 0 fully saturated rings. The summed E-state index contributed by atoms with van der Waals surface area (Å²) in [5.41, 5.74) is 1.43. The van der Waals surface area contributed by atoms with Crippen molar-refractivity contribution in [2.45, 2.75) is 26.2 Å². The molecule has 0 spiro atoms. The molecule has 0 atom stereocenters. The van der Waals surface area contributed by atoms with E-state index < -0.39 is 24.3 Å². The maximum absolute atomic E-state index is 12.4. The van der Waals surface area contributed by atoms with Gasteiger partial charge in [0.2, 0.25) is 5.78 Å². The van der Waals surface area contributed by atoms with Gasteiger partial charge in [0, 0.05) is 16.3 Å². The third-order valence-electron chi connectivity index (χ3n) is 3.66. The Hall–Kier alpha value is -2.47. The minimum atomic E-state index is -0.589. The van der Waals surface area contributed by atoms with Gasteiger partial charge in [-0.2, -0.15) is 11.3 Å². The van der Waals surface area contributed by atoms with E-state index in [1.54, 1.807) is 17.5 Å². The number of esters is 2. The quantitative estimate of drug-likeness (QED) is 0.598. The van der Waals surface area contributed by atoms with Gasteiger partial charge in [-0.15, -0.1) is 0 Å². The van der Waals surface area contributed by atoms with Crippen LogP contribution in [0.1, 0.15) is 57.4 Å². The van der Waals surface area contributed by atoms with Gasteiger partial charge in [-0.05, 0) is 17.0 Å². The Morgan fingerprint density at radius 3 is 2.24 bits per heavy atom. The fraction of sp³-hybridized carbons (Fsp3) is 0.316. The highest BCUT2D eigenvalue weighted by atomic mass is 32.1. The van der Waals surface area contributed by atoms with Crippen molar-refractivity contribution in [3.63, 3.8) is 0 Å². The molecule has 0 radical (unpaired) electrons. The van der Waals surface area contributed by atoms with E-state index in [4.69, 9.17) is 4.74 Å². The first-order valence-electron chi connectivity index (χ1n) is 7.70. The number of carbonyl (C=O) groups is 3. The summed E-state index contributed by atoms with van der Waals surface area (Å²) in [7, 11) is 1.25. The largest absolute Gasteiger partial charge is 0.465 e. The van der Waals surface area contributed by atoms with Crippen molar-refractivity contribution in [3.05, 3.63) is 57.3 Å². The lowest BCUT2D eigenvalue weighted by atomic mass is 9.84. The minimum Gasteiger partial charge on any atom is -0.465 e. The van der Waals surface area contributed by atoms with Crippen LogP contribution in [0.5, 0.6) is 0 Å². The van der Waals surface area contributed by atoms with Crippen LogP contribution in [0.3, 0.4) is 0 Å². The molecule has 2 aromatic rings. The van der Waals surface area contributed by atoms with E-state index in [-0.39, 0.29) is 16.5 Å². The number of ketones is 1. The van der Waals surface area contributed by atoms with Gasteiger partial charge < -0.3 is 9.47 Å². The number of methoxy groups -OCH3 is 1. The van der Waals surface area contributed by atoms with Crippen LogP contribution in [0.25, 0.3) is 0 Å². The zero-order valence-electron chi connectivity index (χ0n) is 14.6. The Morgan fingerprint density at radius 1 is 0.960 bits per heavy atom. The second-order valence-electron chi connectivity index (χ2n) is 6.49. The zero-order valence-corrected chi connectivity index (χ0v) is 15.4. The fourth-order valence-corrected chi connectivity index (χ4v) is 3.20. The molecule has 0 saturated carbocycles. The lowest BCUT2D eigenvalue weighted by molar-refractivity contribution is 0.0471. The molecule has 0 aliphatic carbocycles. The number of benzene rings is 1. The summed E-state index contributed by atoms with van der Waals surface area (Å²) < 4.78 is 9.82. The van der Waals surface area contributed by atoms with Crippen LogP contribution >= 0.6 is 11.3 Å². The Labute approximate surface area is 150 Å². The first kappa shape index (κ1) is 18.9. The molecule has 132 valence electrons. The zero-order chi connectivity index (χ0) is 18.6. The van der Waals surface area contributed by atoms with Crippen LogP contribution in [-0.2, 0) is 14.9 Å². The SMILES string of the molecule is COC(=O)c1cscc1C(=O)COC(=O)c1ccccc1C(C)(C)C. The van der Waals surface area contributed by atoms with E-state index in [1.807, 2.05) is 32.9 Å². The molecular weight excluding hydrogens is 340 g/mol. The van der Waals surface area contributed by atoms with E-state index in [0.29, 0.717) is 5.56 Å². The number of thiophene rings is 1. The maximum Gasteiger partial charge on any atom is 0.339 e. The standard InChI is InChI=1S/C19H20O5S/c1-19(2,3)15-8-6-5-7-12(15)18(22)24-9-16(20)13-10-25-11-14(13)17(21)23-4/h5-8,10-11H,9H2,1-4H3. The van der Waals surface area contributed by atoms with Crippen LogP contribution in [-0.4, -0.2) is 31.4 Å². The fourth-order valence-electron chi connectivity index (χ4n) is 2.38. The van der Waals surface area contributed by atoms with E-state index in [9.17, 15) is 14.4 Å². The van der Waals surface area contributed by atoms with Gasteiger partial charge in [0.25, 0.3) is 0 Å². The molecule has 0 aliphatic rings. The van der Waals surface area contributed by atoms with Crippen LogP contribution < -0.4 is 0 Å². The summed E-state index contributed by atoms with van der Waals surface area (Å²) in [4.78, 5) is 36.3. The highest BCUT2D eigenvalue weighted by molar-refractivity contribution is 7.08. The molecule has 0 amide bonds. The molecule has 1 heterocycles. The molecule has 0 aliphatic heterocycles. The van der Waals surface area contributed by atoms with Crippen molar-refractivity contribution in [1.82, 2.24) is 0 Å². The predicted octanol–water partition coefficient (Wildman–Crippen LogP) is 3.87. The molecule has 1 aromatic heterocycles. The molecule has 0 saturated heterocycles. The van der Waals surface area contributed by atoms with Gasteiger partial charge in [0.05, 0.1) is 18.2 Å². The van der Waals surface area contributed by atoms with E-state index in [2.05, 4.69) is 4.74 Å². The highest BCUT2D eigenvalue weighted by Gasteiger charge is 2.24. The van der Waals surface area contributed by atoms with Crippen LogP contribution in [0.2, 0.25) is 0 Å². The third-order valence-corrected chi connectivity index (χ3v) is 4.40. The molecule has 25 heavy (non-hydrogen) atoms. The average molecular weight is 360 g/mol. The monoisotopic (exact) mass is 360 g/mol. The van der Waals surface area contributed by atoms with Crippen molar-refractivity contribution in [2.24, 2.45) is 0 Å². The summed E-state index contributed by atoms with van der Waals surface area (Å²) >= 11 is 1.21. The number of hydrogen-bond acceptors (Lipinski definition) is 6. The van der Waals surface area contributed by atoms with Gasteiger partial charge in [0.1, 0.15) is 0 Å². The summed E-state index contributed by atoms with van der Waals surface area (Å²) in [5, 5.41) is 3.08. The molecule has 6 heteroatoms. The van der Waals surface area contributed by atoms with Gasteiger partial charge in [-0.25, -0.2) is 9.59 Å². The van der Waals surface area contributed by atoms with Gasteiger partial charge >= 0.3 is 11.9 Å². The van der Waals surface area contributed by atoms with E-state index in [0.717, 1.165) is 5.56 Å². The number of Topliss-reactive ketones (excluding diaryl/α,β-unsaturated/α-hetero) is 1. The van der Waals surface area contributed by atoms with Crippen molar-refractivity contribution >= 4 is 29.1 Å². The number of carbonyl (C=O) groups excluding carboxylic acids is 3. The number of hydrogen-bond donors (Lipinski definition) is 0. The molecule has 1 aromatic carbocycles. The van der Waals surface area contributed by atoms with E-state index in [1.165, 1.54) is 23.8 Å². The molecule has 0 N–H and O–H groups in total. The summed E-state index contributed by atoms with van der Waals surface area (Å²) in [5.74, 6) is -1.59. The summed E-state index contributed by atoms with van der Waals surface area (Å²) in [6, 6.07) is 7.16. The lowest BCUT2D eigenvalue weighted by Crippen LogP contribution is -2.20. The lowest BCUT2D eigenvalue weighted by Gasteiger charge is -2.21. The molecule has 2 rings (SSSR count). The van der Waals surface area contributed by atoms with Gasteiger partial charge in [-0.3, -0.25) is 4.79 Å². The average Bonchev–Trinajstić information content (AvgIpc) is 3.07. The van der Waals surface area contributed by atoms with Crippen molar-refractivity contribution < 1.29 is 23.9 Å². The molecular formula is C19H20O5S. The molecule has 0 bridgehead atoms. The van der Waals surface area contributed by atoms with Gasteiger partial charge in [0.15, 0.2) is 6.61 Å². The second kappa shape index (κ2) is 7.61. The van der Waals surface area contributed by atoms with Crippen molar-refractivity contribution in [2.75, 3.05) is 13.7 Å². The molecule has 0 unspecified atom stereocenters. The summed E-state index contributed by atoms with van der Waals surface area (Å²) in [6.07, 6.45) is 0. The maximum atomic E-state index is 12.4. The Kier molecular flexibility index (Phi) is 5.74. The Bertz CT molecular complexity index is 798. The minimum absolute atomic E-state index is 0.184. The highest BCUT2D eigenvalue weighted by Crippen LogP contribution is 2.26. The number of rotatable bonds is 5. The first-order chi connectivity index (χ1) is 11.8. The smallest absolute Gasteiger partial charge is 0.339 e. The van der Waals surface area contributed by atoms with Crippen molar-refractivity contribution in [3.8, 4) is 0 Å². The van der Waals surface area contributed by atoms with Crippen LogP contribution in [0.15, 0.2) is 35.0 Å². The van der Waals surface area contributed by atoms with Crippen LogP contribution in [0, 0.1) is 0 Å². The van der Waals surface area contributed by atoms with E-state index >= 15 is 0 Å². The normalized spacial score (nSPS) is 11.0. The third kappa shape index (κ3) is 4.33. The van der Waals surface area contributed by atoms with Crippen molar-refractivity contribution in [1.29, 1.82) is 0 Å².